The number of nitrogens with zero attached hydrogens (tertiary/aromatic N) is 2. The summed E-state index contributed by atoms with van der Waals surface area (Å²) in [5, 5.41) is 15.7. The summed E-state index contributed by atoms with van der Waals surface area (Å²) >= 11 is 1.81. The van der Waals surface area contributed by atoms with Gasteiger partial charge in [-0.05, 0) is 42.9 Å². The lowest BCUT2D eigenvalue weighted by Gasteiger charge is -2.13. The largest absolute Gasteiger partial charge is 0.478 e. The van der Waals surface area contributed by atoms with Crippen LogP contribution < -0.4 is 5.32 Å². The number of halogens is 3. The van der Waals surface area contributed by atoms with Crippen LogP contribution in [0.5, 0.6) is 0 Å². The van der Waals surface area contributed by atoms with Crippen molar-refractivity contribution < 1.29 is 27.9 Å². The number of amides is 1. The number of carbonyl (C=O) groups excluding carboxylic acids is 1. The Morgan fingerprint density at radius 1 is 1.30 bits per heavy atom. The molecule has 2 N–H and O–H groups in total. The Kier molecular flexibility index (Phi) is 5.45. The van der Waals surface area contributed by atoms with Crippen molar-refractivity contribution in [2.24, 2.45) is 0 Å². The molecule has 3 rings (SSSR count). The second-order valence-electron chi connectivity index (χ2n) is 6.01. The molecule has 10 heteroatoms. The zero-order valence-electron chi connectivity index (χ0n) is 14.0. The second kappa shape index (κ2) is 7.63. The molecule has 1 aliphatic rings. The van der Waals surface area contributed by atoms with Gasteiger partial charge in [0.15, 0.2) is 5.69 Å². The molecule has 0 aliphatic carbocycles. The van der Waals surface area contributed by atoms with Crippen LogP contribution in [0, 0.1) is 0 Å². The molecule has 1 aromatic heterocycles. The van der Waals surface area contributed by atoms with E-state index in [2.05, 4.69) is 10.4 Å². The average molecular weight is 399 g/mol. The molecule has 1 aliphatic heterocycles. The molecule has 6 nitrogen and oxygen atoms in total. The van der Waals surface area contributed by atoms with Gasteiger partial charge in [0.05, 0.1) is 11.9 Å². The summed E-state index contributed by atoms with van der Waals surface area (Å²) in [6.45, 7) is 0.546. The van der Waals surface area contributed by atoms with Crippen LogP contribution in [0.2, 0.25) is 0 Å². The van der Waals surface area contributed by atoms with Gasteiger partial charge in [0.2, 0.25) is 0 Å². The Morgan fingerprint density at radius 2 is 2.00 bits per heavy atom. The van der Waals surface area contributed by atoms with Gasteiger partial charge in [-0.15, -0.1) is 0 Å². The highest BCUT2D eigenvalue weighted by atomic mass is 32.2. The van der Waals surface area contributed by atoms with Crippen molar-refractivity contribution in [2.75, 3.05) is 12.3 Å². The van der Waals surface area contributed by atoms with Gasteiger partial charge in [-0.3, -0.25) is 4.79 Å². The van der Waals surface area contributed by atoms with E-state index >= 15 is 0 Å². The van der Waals surface area contributed by atoms with Crippen molar-refractivity contribution in [3.05, 3.63) is 47.3 Å². The molecule has 2 heterocycles. The Balaban J connectivity index is 1.79. The number of hydrogen-bond donors (Lipinski definition) is 2. The minimum atomic E-state index is -4.89. The van der Waals surface area contributed by atoms with Crippen LogP contribution in [0.25, 0.3) is 5.69 Å². The van der Waals surface area contributed by atoms with Gasteiger partial charge in [-0.25, -0.2) is 9.48 Å². The lowest BCUT2D eigenvalue weighted by atomic mass is 10.1. The lowest BCUT2D eigenvalue weighted by molar-refractivity contribution is -0.143. The number of benzene rings is 1. The molecule has 2 aromatic rings. The number of thioether (sulfide) groups is 1. The van der Waals surface area contributed by atoms with E-state index in [0.717, 1.165) is 18.6 Å². The fraction of sp³-hybridized carbons (Fsp3) is 0.353. The van der Waals surface area contributed by atoms with Crippen LogP contribution in [0.3, 0.4) is 0 Å². The number of aromatic nitrogens is 2. The third kappa shape index (κ3) is 4.26. The molecule has 1 atom stereocenters. The molecule has 144 valence electrons. The van der Waals surface area contributed by atoms with E-state index in [4.69, 9.17) is 5.11 Å². The summed E-state index contributed by atoms with van der Waals surface area (Å²) in [5.41, 5.74) is -1.98. The summed E-state index contributed by atoms with van der Waals surface area (Å²) in [6.07, 6.45) is -2.05. The number of hydrogen-bond acceptors (Lipinski definition) is 4. The molecule has 1 aromatic carbocycles. The van der Waals surface area contributed by atoms with Crippen LogP contribution in [-0.2, 0) is 6.18 Å². The van der Waals surface area contributed by atoms with E-state index in [1.807, 2.05) is 0 Å². The number of alkyl halides is 3. The van der Waals surface area contributed by atoms with Crippen molar-refractivity contribution in [2.45, 2.75) is 24.3 Å². The van der Waals surface area contributed by atoms with E-state index in [-0.39, 0.29) is 11.6 Å². The van der Waals surface area contributed by atoms with Gasteiger partial charge in [0, 0.05) is 17.4 Å². The van der Waals surface area contributed by atoms with Crippen molar-refractivity contribution >= 4 is 23.6 Å². The monoisotopic (exact) mass is 399 g/mol. The summed E-state index contributed by atoms with van der Waals surface area (Å²) in [4.78, 5) is 23.2. The fourth-order valence-electron chi connectivity index (χ4n) is 2.84. The van der Waals surface area contributed by atoms with Gasteiger partial charge in [0.25, 0.3) is 5.91 Å². The van der Waals surface area contributed by atoms with E-state index in [9.17, 15) is 22.8 Å². The number of nitrogens with one attached hydrogen (secondary N) is 1. The highest BCUT2D eigenvalue weighted by molar-refractivity contribution is 8.00. The number of rotatable bonds is 5. The lowest BCUT2D eigenvalue weighted by Crippen LogP contribution is -2.29. The fourth-order valence-corrected chi connectivity index (χ4v) is 4.04. The zero-order valence-corrected chi connectivity index (χ0v) is 14.8. The van der Waals surface area contributed by atoms with Crippen molar-refractivity contribution in [1.82, 2.24) is 15.1 Å². The van der Waals surface area contributed by atoms with Crippen molar-refractivity contribution in [3.8, 4) is 5.69 Å². The summed E-state index contributed by atoms with van der Waals surface area (Å²) in [7, 11) is 0. The first-order valence-corrected chi connectivity index (χ1v) is 9.21. The Bertz CT molecular complexity index is 843. The molecule has 0 spiro atoms. The third-order valence-corrected chi connectivity index (χ3v) is 5.55. The van der Waals surface area contributed by atoms with Crippen LogP contribution in [-0.4, -0.2) is 44.3 Å². The van der Waals surface area contributed by atoms with Crippen molar-refractivity contribution in [3.63, 3.8) is 0 Å². The van der Waals surface area contributed by atoms with E-state index in [1.54, 1.807) is 11.8 Å². The number of carbonyl (C=O) groups is 2. The Hall–Kier alpha value is -2.49. The molecule has 1 saturated heterocycles. The van der Waals surface area contributed by atoms with Gasteiger partial charge in [-0.2, -0.15) is 30.0 Å². The first-order valence-electron chi connectivity index (χ1n) is 8.16. The van der Waals surface area contributed by atoms with Crippen LogP contribution >= 0.6 is 11.8 Å². The minimum absolute atomic E-state index is 0.0118. The summed E-state index contributed by atoms with van der Waals surface area (Å²) in [5.74, 6) is -0.940. The van der Waals surface area contributed by atoms with Gasteiger partial charge >= 0.3 is 12.1 Å². The van der Waals surface area contributed by atoms with E-state index in [1.165, 1.54) is 24.3 Å². The maximum Gasteiger partial charge on any atom is 0.434 e. The molecule has 1 amide bonds. The topological polar surface area (TPSA) is 84.2 Å². The quantitative estimate of drug-likeness (QED) is 0.807. The van der Waals surface area contributed by atoms with Crippen LogP contribution in [0.1, 0.15) is 39.3 Å². The number of carboxylic acid groups (broad SMARTS) is 1. The molecule has 0 bridgehead atoms. The third-order valence-electron chi connectivity index (χ3n) is 4.16. The normalized spacial score (nSPS) is 17.1. The zero-order chi connectivity index (χ0) is 19.6. The predicted molar refractivity (Wildman–Crippen MR) is 93.3 cm³/mol. The predicted octanol–water partition coefficient (Wildman–Crippen LogP) is 3.21. The first-order chi connectivity index (χ1) is 12.8. The van der Waals surface area contributed by atoms with E-state index in [0.29, 0.717) is 28.2 Å². The van der Waals surface area contributed by atoms with Crippen LogP contribution in [0.4, 0.5) is 13.2 Å². The minimum Gasteiger partial charge on any atom is -0.478 e. The van der Waals surface area contributed by atoms with Crippen LogP contribution in [0.15, 0.2) is 30.5 Å². The van der Waals surface area contributed by atoms with Gasteiger partial charge in [0.1, 0.15) is 5.56 Å². The molecular weight excluding hydrogens is 383 g/mol. The Morgan fingerprint density at radius 3 is 2.56 bits per heavy atom. The molecule has 1 fully saturated rings. The number of carboxylic acids is 1. The second-order valence-corrected chi connectivity index (χ2v) is 7.42. The molecule has 1 unspecified atom stereocenters. The molecule has 27 heavy (non-hydrogen) atoms. The first kappa shape index (κ1) is 19.3. The highest BCUT2D eigenvalue weighted by Crippen LogP contribution is 2.33. The molecule has 0 saturated carbocycles. The van der Waals surface area contributed by atoms with E-state index < -0.39 is 23.4 Å². The Labute approximate surface area is 156 Å². The molecule has 0 radical (unpaired) electrons. The summed E-state index contributed by atoms with van der Waals surface area (Å²) in [6, 6.07) is 5.36. The van der Waals surface area contributed by atoms with Gasteiger partial charge < -0.3 is 10.4 Å². The number of aromatic carboxylic acids is 1. The smallest absolute Gasteiger partial charge is 0.434 e. The van der Waals surface area contributed by atoms with Crippen molar-refractivity contribution in [1.29, 1.82) is 0 Å². The highest BCUT2D eigenvalue weighted by Gasteiger charge is 2.40. The molecular formula is C17H16F3N3O3S. The maximum atomic E-state index is 13.3. The maximum absolute atomic E-state index is 13.3. The standard InChI is InChI=1S/C17H16F3N3O3S/c18-17(19,20)14-13(16(25)26)9-22-23(14)11-5-3-10(4-6-11)15(24)21-8-12-2-1-7-27-12/h3-6,9,12H,1-2,7-8H2,(H,21,24)(H,25,26). The average Bonchev–Trinajstić information content (AvgIpc) is 3.29. The van der Waals surface area contributed by atoms with Gasteiger partial charge in [-0.1, -0.05) is 0 Å². The summed E-state index contributed by atoms with van der Waals surface area (Å²) < 4.78 is 40.3. The SMILES string of the molecule is O=C(NCC1CCCS1)c1ccc(-n2ncc(C(=O)O)c2C(F)(F)F)cc1.